The second-order valence-corrected chi connectivity index (χ2v) is 4.82. The van der Waals surface area contributed by atoms with Crippen LogP contribution in [0.4, 0.5) is 5.69 Å². The smallest absolute Gasteiger partial charge is 0.250 e. The quantitative estimate of drug-likeness (QED) is 0.798. The molecular formula is C18H18N2O4. The number of methoxy groups -OCH3 is 2. The highest BCUT2D eigenvalue weighted by atomic mass is 16.5. The number of hydrogen-bond donors (Lipinski definition) is 2. The molecule has 0 atom stereocenters. The first kappa shape index (κ1) is 17.1. The second-order valence-electron chi connectivity index (χ2n) is 4.82. The van der Waals surface area contributed by atoms with Crippen molar-refractivity contribution in [3.05, 3.63) is 59.7 Å². The molecule has 0 aliphatic heterocycles. The summed E-state index contributed by atoms with van der Waals surface area (Å²) in [7, 11) is 3.07. The number of anilines is 1. The monoisotopic (exact) mass is 326 g/mol. The zero-order chi connectivity index (χ0) is 17.5. The summed E-state index contributed by atoms with van der Waals surface area (Å²) in [5.74, 6) is 0.0960. The molecule has 2 aromatic rings. The average molecular weight is 326 g/mol. The molecule has 3 N–H and O–H groups in total. The van der Waals surface area contributed by atoms with Gasteiger partial charge < -0.3 is 20.5 Å². The Morgan fingerprint density at radius 3 is 2.46 bits per heavy atom. The van der Waals surface area contributed by atoms with Crippen molar-refractivity contribution in [3.8, 4) is 11.5 Å². The normalized spacial score (nSPS) is 10.4. The number of carbonyl (C=O) groups excluding carboxylic acids is 2. The number of hydrogen-bond acceptors (Lipinski definition) is 4. The highest BCUT2D eigenvalue weighted by Gasteiger charge is 2.10. The van der Waals surface area contributed by atoms with Crippen molar-refractivity contribution in [2.45, 2.75) is 0 Å². The van der Waals surface area contributed by atoms with Gasteiger partial charge in [0, 0.05) is 11.6 Å². The third-order valence-corrected chi connectivity index (χ3v) is 3.30. The fourth-order valence-corrected chi connectivity index (χ4v) is 2.19. The predicted octanol–water partition coefficient (Wildman–Crippen LogP) is 2.45. The molecule has 0 saturated heterocycles. The summed E-state index contributed by atoms with van der Waals surface area (Å²) in [5, 5.41) is 2.63. The number of nitrogens with one attached hydrogen (secondary N) is 1. The number of carbonyl (C=O) groups is 2. The molecule has 0 unspecified atom stereocenters. The summed E-state index contributed by atoms with van der Waals surface area (Å²) in [6.07, 6.45) is 2.94. The van der Waals surface area contributed by atoms with Crippen molar-refractivity contribution in [2.75, 3.05) is 19.5 Å². The minimum Gasteiger partial charge on any atom is -0.493 e. The van der Waals surface area contributed by atoms with E-state index in [2.05, 4.69) is 5.32 Å². The molecule has 0 radical (unpaired) electrons. The molecule has 0 fully saturated rings. The molecule has 0 saturated carbocycles. The summed E-state index contributed by atoms with van der Waals surface area (Å²) >= 11 is 0. The Bertz CT molecular complexity index is 784. The summed E-state index contributed by atoms with van der Waals surface area (Å²) < 4.78 is 10.5. The van der Waals surface area contributed by atoms with Crippen LogP contribution in [0.2, 0.25) is 0 Å². The molecule has 24 heavy (non-hydrogen) atoms. The van der Waals surface area contributed by atoms with Gasteiger partial charge in [0.1, 0.15) is 0 Å². The van der Waals surface area contributed by atoms with Gasteiger partial charge in [-0.25, -0.2) is 0 Å². The minimum atomic E-state index is -0.607. The lowest BCUT2D eigenvalue weighted by Gasteiger charge is -2.10. The van der Waals surface area contributed by atoms with Crippen LogP contribution in [0, 0.1) is 0 Å². The Hall–Kier alpha value is -3.28. The van der Waals surface area contributed by atoms with Crippen LogP contribution < -0.4 is 20.5 Å². The fourth-order valence-electron chi connectivity index (χ4n) is 2.19. The lowest BCUT2D eigenvalue weighted by atomic mass is 10.1. The van der Waals surface area contributed by atoms with Gasteiger partial charge >= 0.3 is 0 Å². The third kappa shape index (κ3) is 3.92. The van der Waals surface area contributed by atoms with Crippen molar-refractivity contribution in [1.82, 2.24) is 0 Å². The van der Waals surface area contributed by atoms with E-state index in [4.69, 9.17) is 15.2 Å². The average Bonchev–Trinajstić information content (AvgIpc) is 2.59. The molecule has 2 amide bonds. The molecule has 0 heterocycles. The van der Waals surface area contributed by atoms with Crippen molar-refractivity contribution >= 4 is 23.6 Å². The number of primary amides is 1. The van der Waals surface area contributed by atoms with Gasteiger partial charge in [0.15, 0.2) is 11.5 Å². The summed E-state index contributed by atoms with van der Waals surface area (Å²) in [4.78, 5) is 23.5. The molecule has 0 aliphatic rings. The molecule has 6 nitrogen and oxygen atoms in total. The van der Waals surface area contributed by atoms with E-state index in [0.717, 1.165) is 0 Å². The number of benzene rings is 2. The van der Waals surface area contributed by atoms with E-state index < -0.39 is 11.8 Å². The molecule has 0 aromatic heterocycles. The Morgan fingerprint density at radius 1 is 1.04 bits per heavy atom. The second kappa shape index (κ2) is 7.82. The molecule has 124 valence electrons. The number of para-hydroxylation sites is 2. The van der Waals surface area contributed by atoms with Crippen LogP contribution in [0.1, 0.15) is 15.9 Å². The maximum atomic E-state index is 12.1. The van der Waals surface area contributed by atoms with Crippen molar-refractivity contribution in [2.24, 2.45) is 5.73 Å². The first-order valence-corrected chi connectivity index (χ1v) is 7.15. The number of nitrogens with two attached hydrogens (primary N) is 1. The standard InChI is InChI=1S/C18H18N2O4/c1-23-15-9-5-6-12(17(15)24-2)10-11-16(21)20-14-8-4-3-7-13(14)18(19)22/h3-11H,1-2H3,(H2,19,22)(H,20,21). The van der Waals surface area contributed by atoms with Crippen LogP contribution in [-0.2, 0) is 4.79 Å². The van der Waals surface area contributed by atoms with Crippen LogP contribution >= 0.6 is 0 Å². The maximum absolute atomic E-state index is 12.1. The largest absolute Gasteiger partial charge is 0.493 e. The lowest BCUT2D eigenvalue weighted by Crippen LogP contribution is -2.16. The van der Waals surface area contributed by atoms with E-state index >= 15 is 0 Å². The molecule has 0 bridgehead atoms. The third-order valence-electron chi connectivity index (χ3n) is 3.30. The lowest BCUT2D eigenvalue weighted by molar-refractivity contribution is -0.111. The van der Waals surface area contributed by atoms with Gasteiger partial charge in [0.2, 0.25) is 5.91 Å². The molecule has 2 aromatic carbocycles. The zero-order valence-electron chi connectivity index (χ0n) is 13.4. The first-order chi connectivity index (χ1) is 11.6. The SMILES string of the molecule is COc1cccc(C=CC(=O)Nc2ccccc2C(N)=O)c1OC. The van der Waals surface area contributed by atoms with Crippen LogP contribution in [0.15, 0.2) is 48.5 Å². The minimum absolute atomic E-state index is 0.248. The Balaban J connectivity index is 2.19. The van der Waals surface area contributed by atoms with Gasteiger partial charge in [-0.05, 0) is 24.3 Å². The molecule has 6 heteroatoms. The first-order valence-electron chi connectivity index (χ1n) is 7.15. The number of amides is 2. The Morgan fingerprint density at radius 2 is 1.79 bits per heavy atom. The Labute approximate surface area is 139 Å². The highest BCUT2D eigenvalue weighted by Crippen LogP contribution is 2.31. The van der Waals surface area contributed by atoms with E-state index in [9.17, 15) is 9.59 Å². The molecular weight excluding hydrogens is 308 g/mol. The molecule has 2 rings (SSSR count). The van der Waals surface area contributed by atoms with E-state index in [0.29, 0.717) is 22.7 Å². The van der Waals surface area contributed by atoms with Crippen LogP contribution in [0.5, 0.6) is 11.5 Å². The maximum Gasteiger partial charge on any atom is 0.250 e. The van der Waals surface area contributed by atoms with Crippen molar-refractivity contribution < 1.29 is 19.1 Å². The van der Waals surface area contributed by atoms with Gasteiger partial charge in [0.25, 0.3) is 5.91 Å². The van der Waals surface area contributed by atoms with E-state index in [1.165, 1.54) is 13.2 Å². The van der Waals surface area contributed by atoms with E-state index in [-0.39, 0.29) is 5.56 Å². The highest BCUT2D eigenvalue weighted by molar-refractivity contribution is 6.07. The molecule has 0 spiro atoms. The fraction of sp³-hybridized carbons (Fsp3) is 0.111. The van der Waals surface area contributed by atoms with E-state index in [1.807, 2.05) is 0 Å². The van der Waals surface area contributed by atoms with Gasteiger partial charge in [-0.3, -0.25) is 9.59 Å². The van der Waals surface area contributed by atoms with Gasteiger partial charge in [-0.2, -0.15) is 0 Å². The number of ether oxygens (including phenoxy) is 2. The van der Waals surface area contributed by atoms with Crippen LogP contribution in [0.25, 0.3) is 6.08 Å². The van der Waals surface area contributed by atoms with Crippen molar-refractivity contribution in [3.63, 3.8) is 0 Å². The van der Waals surface area contributed by atoms with Gasteiger partial charge in [-0.1, -0.05) is 24.3 Å². The predicted molar refractivity (Wildman–Crippen MR) is 92.2 cm³/mol. The van der Waals surface area contributed by atoms with E-state index in [1.54, 1.807) is 55.7 Å². The summed E-state index contributed by atoms with van der Waals surface area (Å²) in [5.41, 5.74) is 6.58. The van der Waals surface area contributed by atoms with Crippen LogP contribution in [0.3, 0.4) is 0 Å². The van der Waals surface area contributed by atoms with Crippen LogP contribution in [-0.4, -0.2) is 26.0 Å². The number of rotatable bonds is 6. The summed E-state index contributed by atoms with van der Waals surface area (Å²) in [6, 6.07) is 11.9. The molecule has 0 aliphatic carbocycles. The van der Waals surface area contributed by atoms with Gasteiger partial charge in [-0.15, -0.1) is 0 Å². The Kier molecular flexibility index (Phi) is 5.57. The topological polar surface area (TPSA) is 90.6 Å². The zero-order valence-corrected chi connectivity index (χ0v) is 13.4. The van der Waals surface area contributed by atoms with Crippen molar-refractivity contribution in [1.29, 1.82) is 0 Å². The van der Waals surface area contributed by atoms with Gasteiger partial charge in [0.05, 0.1) is 25.5 Å². The summed E-state index contributed by atoms with van der Waals surface area (Å²) in [6.45, 7) is 0.